The van der Waals surface area contributed by atoms with Crippen molar-refractivity contribution in [2.75, 3.05) is 0 Å². The molecular formula is C17H21NO4. The van der Waals surface area contributed by atoms with Gasteiger partial charge in [0.05, 0.1) is 5.69 Å². The summed E-state index contributed by atoms with van der Waals surface area (Å²) in [6.45, 7) is 5.23. The number of hydrogen-bond donors (Lipinski definition) is 2. The van der Waals surface area contributed by atoms with Crippen LogP contribution in [0.4, 0.5) is 4.79 Å². The molecule has 1 aromatic carbocycles. The number of ether oxygens (including phenoxy) is 1. The van der Waals surface area contributed by atoms with E-state index in [1.54, 1.807) is 20.8 Å². The lowest BCUT2D eigenvalue weighted by Gasteiger charge is -2.20. The summed E-state index contributed by atoms with van der Waals surface area (Å²) in [5.74, 6) is -0.436. The summed E-state index contributed by atoms with van der Waals surface area (Å²) in [6, 6.07) is 10.9. The third-order valence-electron chi connectivity index (χ3n) is 3.13. The molecule has 0 atom stereocenters. The van der Waals surface area contributed by atoms with Gasteiger partial charge < -0.3 is 14.9 Å². The van der Waals surface area contributed by atoms with E-state index in [0.29, 0.717) is 18.5 Å². The van der Waals surface area contributed by atoms with Crippen molar-refractivity contribution in [2.45, 2.75) is 39.2 Å². The highest BCUT2D eigenvalue weighted by atomic mass is 16.6. The molecule has 2 N–H and O–H groups in total. The molecule has 5 heteroatoms. The molecule has 118 valence electrons. The largest absolute Gasteiger partial charge is 0.506 e. The molecule has 0 unspecified atom stereocenters. The van der Waals surface area contributed by atoms with E-state index >= 15 is 0 Å². The Balaban J connectivity index is 2.22. The Labute approximate surface area is 129 Å². The minimum Gasteiger partial charge on any atom is -0.506 e. The van der Waals surface area contributed by atoms with Crippen molar-refractivity contribution in [3.63, 3.8) is 0 Å². The normalized spacial score (nSPS) is 11.4. The van der Waals surface area contributed by atoms with Crippen LogP contribution in [-0.2, 0) is 17.6 Å². The number of aryl methyl sites for hydroxylation is 1. The van der Waals surface area contributed by atoms with Gasteiger partial charge in [-0.05, 0) is 39.2 Å². The van der Waals surface area contributed by atoms with Gasteiger partial charge in [0, 0.05) is 6.07 Å². The van der Waals surface area contributed by atoms with Crippen molar-refractivity contribution in [3.05, 3.63) is 47.7 Å². The summed E-state index contributed by atoms with van der Waals surface area (Å²) < 4.78 is 6.28. The van der Waals surface area contributed by atoms with E-state index < -0.39 is 11.7 Å². The molecule has 2 aromatic rings. The molecule has 5 nitrogen and oxygen atoms in total. The Kier molecular flexibility index (Phi) is 4.45. The van der Waals surface area contributed by atoms with Crippen LogP contribution in [0.15, 0.2) is 36.4 Å². The number of carbonyl (C=O) groups is 1. The van der Waals surface area contributed by atoms with Crippen LogP contribution in [0.3, 0.4) is 0 Å². The van der Waals surface area contributed by atoms with Gasteiger partial charge in [-0.25, -0.2) is 9.36 Å². The van der Waals surface area contributed by atoms with Gasteiger partial charge in [0.15, 0.2) is 0 Å². The molecule has 0 aliphatic rings. The molecule has 2 rings (SSSR count). The lowest BCUT2D eigenvalue weighted by molar-refractivity contribution is 0.0520. The smallest absolute Gasteiger partial charge is 0.421 e. The maximum absolute atomic E-state index is 12.2. The van der Waals surface area contributed by atoms with Gasteiger partial charge in [-0.1, -0.05) is 30.3 Å². The second-order valence-electron chi connectivity index (χ2n) is 6.14. The topological polar surface area (TPSA) is 71.7 Å². The van der Waals surface area contributed by atoms with Gasteiger partial charge in [-0.3, -0.25) is 0 Å². The summed E-state index contributed by atoms with van der Waals surface area (Å²) >= 11 is 0. The van der Waals surface area contributed by atoms with Gasteiger partial charge in [0.1, 0.15) is 11.4 Å². The molecule has 1 aromatic heterocycles. The molecule has 0 radical (unpaired) electrons. The van der Waals surface area contributed by atoms with Crippen LogP contribution < -0.4 is 0 Å². The van der Waals surface area contributed by atoms with Crippen molar-refractivity contribution < 1.29 is 19.7 Å². The quantitative estimate of drug-likeness (QED) is 0.910. The van der Waals surface area contributed by atoms with Gasteiger partial charge in [0.2, 0.25) is 5.88 Å². The summed E-state index contributed by atoms with van der Waals surface area (Å²) in [5, 5.41) is 19.8. The molecule has 0 saturated heterocycles. The molecule has 1 heterocycles. The van der Waals surface area contributed by atoms with Crippen LogP contribution in [0.25, 0.3) is 0 Å². The molecule has 0 spiro atoms. The zero-order valence-electron chi connectivity index (χ0n) is 13.0. The molecular weight excluding hydrogens is 282 g/mol. The maximum atomic E-state index is 12.2. The number of nitrogens with zero attached hydrogens (tertiary/aromatic N) is 1. The van der Waals surface area contributed by atoms with Gasteiger partial charge in [-0.2, -0.15) is 0 Å². The lowest BCUT2D eigenvalue weighted by Crippen LogP contribution is -2.28. The monoisotopic (exact) mass is 303 g/mol. The summed E-state index contributed by atoms with van der Waals surface area (Å²) in [5.41, 5.74) is 0.744. The van der Waals surface area contributed by atoms with E-state index in [1.807, 2.05) is 30.3 Å². The Morgan fingerprint density at radius 3 is 2.36 bits per heavy atom. The summed E-state index contributed by atoms with van der Waals surface area (Å²) in [4.78, 5) is 12.2. The van der Waals surface area contributed by atoms with E-state index in [2.05, 4.69) is 0 Å². The Bertz CT molecular complexity index is 653. The average Bonchev–Trinajstić information content (AvgIpc) is 2.70. The second kappa shape index (κ2) is 6.13. The van der Waals surface area contributed by atoms with Gasteiger partial charge in [-0.15, -0.1) is 0 Å². The fourth-order valence-electron chi connectivity index (χ4n) is 2.18. The molecule has 0 aliphatic carbocycles. The van der Waals surface area contributed by atoms with E-state index in [1.165, 1.54) is 0 Å². The predicted octanol–water partition coefficient (Wildman–Crippen LogP) is 3.47. The molecule has 0 aliphatic heterocycles. The van der Waals surface area contributed by atoms with Gasteiger partial charge in [0.25, 0.3) is 0 Å². The molecule has 22 heavy (non-hydrogen) atoms. The first-order valence-corrected chi connectivity index (χ1v) is 7.18. The Morgan fingerprint density at radius 1 is 1.14 bits per heavy atom. The van der Waals surface area contributed by atoms with E-state index in [0.717, 1.165) is 16.2 Å². The molecule has 0 saturated carbocycles. The van der Waals surface area contributed by atoms with Crippen molar-refractivity contribution >= 4 is 6.09 Å². The highest BCUT2D eigenvalue weighted by Crippen LogP contribution is 2.29. The van der Waals surface area contributed by atoms with Crippen molar-refractivity contribution in [3.8, 4) is 11.6 Å². The molecule has 0 bridgehead atoms. The van der Waals surface area contributed by atoms with Crippen LogP contribution in [0.5, 0.6) is 11.6 Å². The van der Waals surface area contributed by atoms with Crippen molar-refractivity contribution in [2.24, 2.45) is 0 Å². The van der Waals surface area contributed by atoms with Gasteiger partial charge >= 0.3 is 6.09 Å². The van der Waals surface area contributed by atoms with E-state index in [-0.39, 0.29) is 11.6 Å². The van der Waals surface area contributed by atoms with E-state index in [9.17, 15) is 15.0 Å². The molecule has 0 amide bonds. The zero-order valence-corrected chi connectivity index (χ0v) is 13.0. The fraction of sp³-hybridized carbons (Fsp3) is 0.353. The number of aromatic nitrogens is 1. The van der Waals surface area contributed by atoms with Crippen LogP contribution in [0, 0.1) is 0 Å². The second-order valence-corrected chi connectivity index (χ2v) is 6.14. The maximum Gasteiger partial charge on any atom is 0.421 e. The zero-order chi connectivity index (χ0) is 16.3. The number of aromatic hydroxyl groups is 2. The number of hydrogen-bond acceptors (Lipinski definition) is 4. The SMILES string of the molecule is CC(C)(C)OC(=O)n1c(O)cc(O)c1CCc1ccccc1. The third-order valence-corrected chi connectivity index (χ3v) is 3.13. The summed E-state index contributed by atoms with van der Waals surface area (Å²) in [6.07, 6.45) is 0.351. The predicted molar refractivity (Wildman–Crippen MR) is 83.2 cm³/mol. The van der Waals surface area contributed by atoms with Crippen LogP contribution in [0.1, 0.15) is 32.0 Å². The standard InChI is InChI=1S/C17H21NO4/c1-17(2,3)22-16(21)18-13(14(19)11-15(18)20)10-9-12-7-5-4-6-8-12/h4-8,11,19-20H,9-10H2,1-3H3. The summed E-state index contributed by atoms with van der Waals surface area (Å²) in [7, 11) is 0. The number of benzene rings is 1. The number of rotatable bonds is 3. The van der Waals surface area contributed by atoms with Crippen molar-refractivity contribution in [1.29, 1.82) is 0 Å². The minimum absolute atomic E-state index is 0.112. The lowest BCUT2D eigenvalue weighted by atomic mass is 10.1. The van der Waals surface area contributed by atoms with Crippen LogP contribution in [-0.4, -0.2) is 26.5 Å². The van der Waals surface area contributed by atoms with Crippen molar-refractivity contribution in [1.82, 2.24) is 4.57 Å². The third kappa shape index (κ3) is 3.81. The molecule has 0 fully saturated rings. The first-order valence-electron chi connectivity index (χ1n) is 7.18. The minimum atomic E-state index is -0.701. The first kappa shape index (κ1) is 15.9. The van der Waals surface area contributed by atoms with E-state index in [4.69, 9.17) is 4.74 Å². The van der Waals surface area contributed by atoms with Crippen LogP contribution in [0.2, 0.25) is 0 Å². The highest BCUT2D eigenvalue weighted by molar-refractivity contribution is 5.75. The van der Waals surface area contributed by atoms with Crippen LogP contribution >= 0.6 is 0 Å². The average molecular weight is 303 g/mol. The fourth-order valence-corrected chi connectivity index (χ4v) is 2.18. The Hall–Kier alpha value is -2.43. The number of carbonyl (C=O) groups excluding carboxylic acids is 1. The highest BCUT2D eigenvalue weighted by Gasteiger charge is 2.24. The first-order chi connectivity index (χ1) is 10.3. The Morgan fingerprint density at radius 2 is 1.77 bits per heavy atom.